The topological polar surface area (TPSA) is 40.5 Å². The van der Waals surface area contributed by atoms with Crippen LogP contribution in [0.15, 0.2) is 0 Å². The number of carboxylic acid groups (broad SMARTS) is 1. The minimum absolute atomic E-state index is 0.156. The Balaban J connectivity index is 2.07. The normalized spacial score (nSPS) is 31.0. The Bertz CT molecular complexity index is 340. The number of hydrogen-bond donors (Lipinski definition) is 1. The van der Waals surface area contributed by atoms with Crippen LogP contribution in [-0.2, 0) is 0 Å². The van der Waals surface area contributed by atoms with Gasteiger partial charge in [0.15, 0.2) is 0 Å². The molecule has 1 heterocycles. The Morgan fingerprint density at radius 1 is 1.47 bits per heavy atom. The van der Waals surface area contributed by atoms with E-state index in [-0.39, 0.29) is 25.9 Å². The standard InChI is InChI=1S/C10H11F2NO2/c1-2-7-9(10(7,11)12)3-5-13(6-4-9)8(14)15/h1,7H,3-6H2,(H,14,15). The molecule has 0 aromatic rings. The first-order valence-electron chi connectivity index (χ1n) is 4.77. The van der Waals surface area contributed by atoms with Crippen molar-refractivity contribution in [1.82, 2.24) is 4.90 Å². The fraction of sp³-hybridized carbons (Fsp3) is 0.700. The summed E-state index contributed by atoms with van der Waals surface area (Å²) in [6, 6.07) is 0. The van der Waals surface area contributed by atoms with Gasteiger partial charge in [0.2, 0.25) is 0 Å². The van der Waals surface area contributed by atoms with Crippen LogP contribution in [0.25, 0.3) is 0 Å². The molecule has 0 aromatic heterocycles. The summed E-state index contributed by atoms with van der Waals surface area (Å²) in [5, 5.41) is 8.68. The van der Waals surface area contributed by atoms with E-state index < -0.39 is 23.3 Å². The minimum atomic E-state index is -2.80. The molecule has 2 aliphatic rings. The third kappa shape index (κ3) is 1.14. The van der Waals surface area contributed by atoms with Crippen molar-refractivity contribution in [1.29, 1.82) is 0 Å². The highest BCUT2D eigenvalue weighted by Crippen LogP contribution is 2.70. The number of rotatable bonds is 0. The quantitative estimate of drug-likeness (QED) is 0.624. The Morgan fingerprint density at radius 2 is 2.00 bits per heavy atom. The number of terminal acetylenes is 1. The van der Waals surface area contributed by atoms with Crippen molar-refractivity contribution in [3.8, 4) is 12.3 Å². The number of nitrogens with zero attached hydrogens (tertiary/aromatic N) is 1. The van der Waals surface area contributed by atoms with Gasteiger partial charge >= 0.3 is 6.09 Å². The van der Waals surface area contributed by atoms with Crippen LogP contribution in [-0.4, -0.2) is 35.1 Å². The van der Waals surface area contributed by atoms with Gasteiger partial charge in [-0.3, -0.25) is 0 Å². The largest absolute Gasteiger partial charge is 0.465 e. The van der Waals surface area contributed by atoms with E-state index in [2.05, 4.69) is 5.92 Å². The van der Waals surface area contributed by atoms with Crippen LogP contribution in [0.2, 0.25) is 0 Å². The molecule has 1 aliphatic heterocycles. The highest BCUT2D eigenvalue weighted by atomic mass is 19.3. The summed E-state index contributed by atoms with van der Waals surface area (Å²) in [4.78, 5) is 11.8. The summed E-state index contributed by atoms with van der Waals surface area (Å²) < 4.78 is 26.7. The zero-order valence-electron chi connectivity index (χ0n) is 8.04. The number of likely N-dealkylation sites (tertiary alicyclic amines) is 1. The lowest BCUT2D eigenvalue weighted by molar-refractivity contribution is 0.0310. The molecule has 1 aliphatic carbocycles. The van der Waals surface area contributed by atoms with Gasteiger partial charge in [0.25, 0.3) is 5.92 Å². The summed E-state index contributed by atoms with van der Waals surface area (Å²) >= 11 is 0. The Labute approximate surface area is 86.1 Å². The molecule has 0 radical (unpaired) electrons. The highest BCUT2D eigenvalue weighted by Gasteiger charge is 2.79. The molecule has 1 unspecified atom stereocenters. The van der Waals surface area contributed by atoms with E-state index in [4.69, 9.17) is 11.5 Å². The van der Waals surface area contributed by atoms with Gasteiger partial charge in [0.05, 0.1) is 11.3 Å². The first-order valence-corrected chi connectivity index (χ1v) is 4.77. The van der Waals surface area contributed by atoms with E-state index in [1.165, 1.54) is 0 Å². The third-order valence-corrected chi connectivity index (χ3v) is 3.59. The molecule has 15 heavy (non-hydrogen) atoms. The monoisotopic (exact) mass is 215 g/mol. The number of hydrogen-bond acceptors (Lipinski definition) is 1. The lowest BCUT2D eigenvalue weighted by atomic mass is 9.91. The summed E-state index contributed by atoms with van der Waals surface area (Å²) in [5.74, 6) is -1.68. The fourth-order valence-corrected chi connectivity index (χ4v) is 2.49. The van der Waals surface area contributed by atoms with E-state index in [1.54, 1.807) is 0 Å². The van der Waals surface area contributed by atoms with Gasteiger partial charge < -0.3 is 10.0 Å². The van der Waals surface area contributed by atoms with Crippen LogP contribution < -0.4 is 0 Å². The molecule has 3 nitrogen and oxygen atoms in total. The van der Waals surface area contributed by atoms with E-state index in [9.17, 15) is 13.6 Å². The van der Waals surface area contributed by atoms with E-state index in [0.717, 1.165) is 4.90 Å². The van der Waals surface area contributed by atoms with Crippen molar-refractivity contribution < 1.29 is 18.7 Å². The van der Waals surface area contributed by atoms with Gasteiger partial charge in [-0.25, -0.2) is 13.6 Å². The van der Waals surface area contributed by atoms with Crippen LogP contribution in [0, 0.1) is 23.7 Å². The molecule has 2 rings (SSSR count). The van der Waals surface area contributed by atoms with Gasteiger partial charge in [0, 0.05) is 13.1 Å². The van der Waals surface area contributed by atoms with Gasteiger partial charge in [-0.1, -0.05) is 5.92 Å². The van der Waals surface area contributed by atoms with Crippen LogP contribution >= 0.6 is 0 Å². The van der Waals surface area contributed by atoms with E-state index >= 15 is 0 Å². The molecule has 1 saturated heterocycles. The predicted octanol–water partition coefficient (Wildman–Crippen LogP) is 1.64. The van der Waals surface area contributed by atoms with Gasteiger partial charge in [-0.2, -0.15) is 0 Å². The van der Waals surface area contributed by atoms with Crippen molar-refractivity contribution in [2.45, 2.75) is 18.8 Å². The molecule has 2 fully saturated rings. The van der Waals surface area contributed by atoms with Crippen molar-refractivity contribution in [3.63, 3.8) is 0 Å². The minimum Gasteiger partial charge on any atom is -0.465 e. The molecule has 1 amide bonds. The van der Waals surface area contributed by atoms with Crippen molar-refractivity contribution in [3.05, 3.63) is 0 Å². The smallest absolute Gasteiger partial charge is 0.407 e. The molecule has 1 saturated carbocycles. The van der Waals surface area contributed by atoms with Crippen molar-refractivity contribution >= 4 is 6.09 Å². The lowest BCUT2D eigenvalue weighted by Crippen LogP contribution is -2.39. The number of piperidine rings is 1. The number of carbonyl (C=O) groups is 1. The summed E-state index contributed by atoms with van der Waals surface area (Å²) in [7, 11) is 0. The van der Waals surface area contributed by atoms with Crippen LogP contribution in [0.3, 0.4) is 0 Å². The zero-order chi connectivity index (χ0) is 11.3. The molecule has 1 N–H and O–H groups in total. The van der Waals surface area contributed by atoms with E-state index in [0.29, 0.717) is 0 Å². The molecular formula is C10H11F2NO2. The Kier molecular flexibility index (Phi) is 1.94. The second-order valence-corrected chi connectivity index (χ2v) is 4.15. The van der Waals surface area contributed by atoms with Crippen LogP contribution in [0.4, 0.5) is 13.6 Å². The fourth-order valence-electron chi connectivity index (χ4n) is 2.49. The predicted molar refractivity (Wildman–Crippen MR) is 48.5 cm³/mol. The lowest BCUT2D eigenvalue weighted by Gasteiger charge is -2.30. The van der Waals surface area contributed by atoms with E-state index in [1.807, 2.05) is 0 Å². The Morgan fingerprint density at radius 3 is 2.33 bits per heavy atom. The molecular weight excluding hydrogens is 204 g/mol. The summed E-state index contributed by atoms with van der Waals surface area (Å²) in [6.07, 6.45) is 4.34. The summed E-state index contributed by atoms with van der Waals surface area (Å²) in [6.45, 7) is 0.312. The molecule has 0 aromatic carbocycles. The second kappa shape index (κ2) is 2.84. The summed E-state index contributed by atoms with van der Waals surface area (Å²) in [5.41, 5.74) is -1.12. The molecule has 1 spiro atoms. The molecule has 1 atom stereocenters. The second-order valence-electron chi connectivity index (χ2n) is 4.15. The first kappa shape index (κ1) is 10.2. The van der Waals surface area contributed by atoms with Crippen LogP contribution in [0.5, 0.6) is 0 Å². The Hall–Kier alpha value is -1.31. The average molecular weight is 215 g/mol. The average Bonchev–Trinajstić information content (AvgIpc) is 2.62. The van der Waals surface area contributed by atoms with Gasteiger partial charge in [0.1, 0.15) is 0 Å². The number of amides is 1. The highest BCUT2D eigenvalue weighted by molar-refractivity contribution is 5.65. The SMILES string of the molecule is C#CC1C(F)(F)C12CCN(C(=O)O)CC2. The molecule has 82 valence electrons. The van der Waals surface area contributed by atoms with Crippen molar-refractivity contribution in [2.24, 2.45) is 11.3 Å². The van der Waals surface area contributed by atoms with Crippen LogP contribution in [0.1, 0.15) is 12.8 Å². The maximum atomic E-state index is 13.4. The third-order valence-electron chi connectivity index (χ3n) is 3.59. The van der Waals surface area contributed by atoms with Crippen molar-refractivity contribution in [2.75, 3.05) is 13.1 Å². The maximum Gasteiger partial charge on any atom is 0.407 e. The maximum absolute atomic E-state index is 13.4. The first-order chi connectivity index (χ1) is 6.95. The van der Waals surface area contributed by atoms with Gasteiger partial charge in [-0.15, -0.1) is 6.42 Å². The number of halogens is 2. The van der Waals surface area contributed by atoms with Gasteiger partial charge in [-0.05, 0) is 12.8 Å². The molecule has 5 heteroatoms. The zero-order valence-corrected chi connectivity index (χ0v) is 8.04. The molecule has 0 bridgehead atoms. The number of alkyl halides is 2.